The van der Waals surface area contributed by atoms with E-state index in [4.69, 9.17) is 9.53 Å². The quantitative estimate of drug-likeness (QED) is 0.238. The van der Waals surface area contributed by atoms with Crippen molar-refractivity contribution in [3.8, 4) is 0 Å². The fraction of sp³-hybridized carbons (Fsp3) is 0.667. The van der Waals surface area contributed by atoms with Gasteiger partial charge in [-0.25, -0.2) is 9.59 Å². The SMILES string of the molecule is C=CC=O.CC.COCC(C)(C)C(=O)C(=O)[N+]1(S)CCCCC1C(=O)O. The summed E-state index contributed by atoms with van der Waals surface area (Å²) in [5.74, 6) is -2.49. The fourth-order valence-corrected chi connectivity index (χ4v) is 2.95. The molecule has 2 unspecified atom stereocenters. The first-order chi connectivity index (χ1) is 12.1. The van der Waals surface area contributed by atoms with Crippen molar-refractivity contribution in [3.63, 3.8) is 0 Å². The maximum atomic E-state index is 12.5. The summed E-state index contributed by atoms with van der Waals surface area (Å²) in [5.41, 5.74) is -0.986. The van der Waals surface area contributed by atoms with Gasteiger partial charge in [-0.1, -0.05) is 20.4 Å². The molecule has 150 valence electrons. The monoisotopic (exact) mass is 390 g/mol. The van der Waals surface area contributed by atoms with Crippen LogP contribution in [0.1, 0.15) is 47.0 Å². The highest BCUT2D eigenvalue weighted by atomic mass is 32.1. The number of hydrogen-bond acceptors (Lipinski definition) is 6. The molecule has 0 aromatic rings. The van der Waals surface area contributed by atoms with Crippen LogP contribution in [0.15, 0.2) is 12.7 Å². The Kier molecular flexibility index (Phi) is 13.1. The van der Waals surface area contributed by atoms with E-state index in [2.05, 4.69) is 19.4 Å². The van der Waals surface area contributed by atoms with E-state index in [1.165, 1.54) is 13.2 Å². The molecular formula is C18H32NO6S+. The number of allylic oxidation sites excluding steroid dienone is 1. The zero-order valence-corrected chi connectivity index (χ0v) is 17.3. The normalized spacial score (nSPS) is 21.8. The number of Topliss-reactive ketones (excluding diaryl/α,β-unsaturated/α-hetero) is 1. The van der Waals surface area contributed by atoms with Crippen LogP contribution in [0.5, 0.6) is 0 Å². The molecule has 1 heterocycles. The van der Waals surface area contributed by atoms with Crippen molar-refractivity contribution in [2.24, 2.45) is 5.41 Å². The molecule has 0 aromatic heterocycles. The molecule has 8 heteroatoms. The van der Waals surface area contributed by atoms with Crippen LogP contribution >= 0.6 is 12.8 Å². The van der Waals surface area contributed by atoms with Crippen molar-refractivity contribution >= 4 is 36.8 Å². The summed E-state index contributed by atoms with van der Waals surface area (Å²) in [4.78, 5) is 45.2. The third-order valence-corrected chi connectivity index (χ3v) is 4.45. The van der Waals surface area contributed by atoms with Crippen LogP contribution in [-0.4, -0.2) is 59.2 Å². The molecule has 0 aliphatic carbocycles. The number of carboxylic acids is 1. The predicted octanol–water partition coefficient (Wildman–Crippen LogP) is 2.45. The van der Waals surface area contributed by atoms with E-state index in [9.17, 15) is 19.5 Å². The average molecular weight is 391 g/mol. The van der Waals surface area contributed by atoms with E-state index < -0.39 is 33.0 Å². The fourth-order valence-electron chi connectivity index (χ4n) is 2.50. The maximum Gasteiger partial charge on any atom is 0.394 e. The van der Waals surface area contributed by atoms with Crippen LogP contribution in [0.3, 0.4) is 0 Å². The van der Waals surface area contributed by atoms with Gasteiger partial charge in [0.05, 0.1) is 31.4 Å². The van der Waals surface area contributed by atoms with Crippen LogP contribution in [-0.2, 0) is 23.9 Å². The van der Waals surface area contributed by atoms with Gasteiger partial charge >= 0.3 is 11.9 Å². The molecule has 1 aliphatic rings. The molecule has 26 heavy (non-hydrogen) atoms. The Hall–Kier alpha value is -1.51. The van der Waals surface area contributed by atoms with Crippen molar-refractivity contribution in [3.05, 3.63) is 12.7 Å². The van der Waals surface area contributed by atoms with Crippen LogP contribution < -0.4 is 0 Å². The van der Waals surface area contributed by atoms with Crippen LogP contribution in [0.2, 0.25) is 0 Å². The predicted molar refractivity (Wildman–Crippen MR) is 103 cm³/mol. The number of ketones is 1. The number of piperidine rings is 1. The van der Waals surface area contributed by atoms with Crippen LogP contribution in [0.25, 0.3) is 0 Å². The number of quaternary nitrogens is 1. The molecule has 0 spiro atoms. The third-order valence-electron chi connectivity index (χ3n) is 3.79. The number of amides is 1. The second-order valence-electron chi connectivity index (χ2n) is 6.22. The zero-order valence-electron chi connectivity index (χ0n) is 16.4. The molecule has 0 saturated carbocycles. The number of carboxylic acid groups (broad SMARTS) is 1. The average Bonchev–Trinajstić information content (AvgIpc) is 2.62. The number of methoxy groups -OCH3 is 1. The Morgan fingerprint density at radius 2 is 1.81 bits per heavy atom. The molecular weight excluding hydrogens is 358 g/mol. The number of nitrogens with zero attached hydrogens (tertiary/aromatic N) is 1. The van der Waals surface area contributed by atoms with E-state index in [1.807, 2.05) is 13.8 Å². The van der Waals surface area contributed by atoms with Gasteiger partial charge in [0.1, 0.15) is 6.29 Å². The molecule has 1 N–H and O–H groups in total. The van der Waals surface area contributed by atoms with E-state index in [0.717, 1.165) is 6.42 Å². The van der Waals surface area contributed by atoms with E-state index in [0.29, 0.717) is 19.1 Å². The van der Waals surface area contributed by atoms with Gasteiger partial charge in [0.15, 0.2) is 0 Å². The Balaban J connectivity index is 0. The topological polar surface area (TPSA) is 97.7 Å². The van der Waals surface area contributed by atoms with Gasteiger partial charge in [0.25, 0.3) is 5.78 Å². The lowest BCUT2D eigenvalue weighted by Crippen LogP contribution is -2.61. The Morgan fingerprint density at radius 1 is 1.31 bits per heavy atom. The summed E-state index contributed by atoms with van der Waals surface area (Å²) in [6.07, 6.45) is 3.58. The highest BCUT2D eigenvalue weighted by molar-refractivity contribution is 7.74. The molecule has 1 rings (SSSR count). The van der Waals surface area contributed by atoms with Gasteiger partial charge in [-0.2, -0.15) is 3.89 Å². The smallest absolute Gasteiger partial charge is 0.394 e. The lowest BCUT2D eigenvalue weighted by Gasteiger charge is -2.38. The first kappa shape index (κ1) is 26.7. The lowest BCUT2D eigenvalue weighted by atomic mass is 9.87. The summed E-state index contributed by atoms with van der Waals surface area (Å²) < 4.78 is 4.31. The van der Waals surface area contributed by atoms with Gasteiger partial charge in [-0.3, -0.25) is 9.59 Å². The minimum absolute atomic E-state index is 0.100. The Bertz CT molecular complexity index is 500. The minimum Gasteiger partial charge on any atom is -0.477 e. The largest absolute Gasteiger partial charge is 0.477 e. The molecule has 1 amide bonds. The maximum absolute atomic E-state index is 12.5. The first-order valence-corrected chi connectivity index (χ1v) is 8.96. The van der Waals surface area contributed by atoms with E-state index in [1.54, 1.807) is 13.8 Å². The molecule has 0 bridgehead atoms. The van der Waals surface area contributed by atoms with Gasteiger partial charge in [-0.05, 0) is 32.8 Å². The number of carbonyl (C=O) groups excluding carboxylic acids is 3. The number of aliphatic carboxylic acids is 1. The number of thiol groups is 1. The molecule has 0 radical (unpaired) electrons. The number of aldehydes is 1. The van der Waals surface area contributed by atoms with Crippen molar-refractivity contribution in [2.75, 3.05) is 20.3 Å². The van der Waals surface area contributed by atoms with Crippen molar-refractivity contribution in [2.45, 2.75) is 53.0 Å². The van der Waals surface area contributed by atoms with Crippen molar-refractivity contribution < 1.29 is 32.9 Å². The minimum atomic E-state index is -1.09. The second kappa shape index (κ2) is 12.8. The summed E-state index contributed by atoms with van der Waals surface area (Å²) in [6, 6.07) is -0.970. The number of hydrogen-bond donors (Lipinski definition) is 2. The molecule has 2 atom stereocenters. The molecule has 1 saturated heterocycles. The number of ether oxygens (including phenoxy) is 1. The van der Waals surface area contributed by atoms with Crippen molar-refractivity contribution in [1.82, 2.24) is 0 Å². The summed E-state index contributed by atoms with van der Waals surface area (Å²) in [6.45, 7) is 10.7. The van der Waals surface area contributed by atoms with Gasteiger partial charge < -0.3 is 9.84 Å². The second-order valence-corrected chi connectivity index (χ2v) is 6.94. The van der Waals surface area contributed by atoms with Crippen LogP contribution in [0, 0.1) is 5.41 Å². The number of rotatable bonds is 6. The summed E-state index contributed by atoms with van der Waals surface area (Å²) >= 11 is 4.26. The Labute approximate surface area is 161 Å². The molecule has 7 nitrogen and oxygen atoms in total. The van der Waals surface area contributed by atoms with E-state index in [-0.39, 0.29) is 13.2 Å². The highest BCUT2D eigenvalue weighted by Gasteiger charge is 2.53. The summed E-state index contributed by atoms with van der Waals surface area (Å²) in [7, 11) is 1.45. The van der Waals surface area contributed by atoms with E-state index >= 15 is 0 Å². The van der Waals surface area contributed by atoms with Gasteiger partial charge in [0.2, 0.25) is 6.04 Å². The van der Waals surface area contributed by atoms with Crippen molar-refractivity contribution in [1.29, 1.82) is 0 Å². The number of likely N-dealkylation sites (tertiary alicyclic amines) is 1. The molecule has 0 aromatic carbocycles. The zero-order chi connectivity index (χ0) is 21.0. The van der Waals surface area contributed by atoms with Crippen LogP contribution in [0.4, 0.5) is 0 Å². The summed E-state index contributed by atoms with van der Waals surface area (Å²) in [5, 5.41) is 9.26. The lowest BCUT2D eigenvalue weighted by molar-refractivity contribution is -0.736. The Morgan fingerprint density at radius 3 is 2.19 bits per heavy atom. The third kappa shape index (κ3) is 7.39. The molecule has 1 fully saturated rings. The molecule has 1 aliphatic heterocycles. The highest BCUT2D eigenvalue weighted by Crippen LogP contribution is 2.32. The number of carbonyl (C=O) groups is 4. The first-order valence-electron chi connectivity index (χ1n) is 8.56. The van der Waals surface area contributed by atoms with Gasteiger partial charge in [0, 0.05) is 13.5 Å². The van der Waals surface area contributed by atoms with Gasteiger partial charge in [-0.15, -0.1) is 0 Å². The standard InChI is InChI=1S/C13H21NO5S.C3H4O.C2H6/c1-13(2,8-19-3)10(15)11(16)14(20)7-5-4-6-9(14)12(17)18;1-2-3-4;1-2/h9,20H,4-8H2,1-3H3;2-3H,1H2;1-2H3/p+1.